The Labute approximate surface area is 379 Å². The van der Waals surface area contributed by atoms with E-state index in [4.69, 9.17) is 5.73 Å². The van der Waals surface area contributed by atoms with Crippen molar-refractivity contribution in [1.29, 1.82) is 0 Å². The van der Waals surface area contributed by atoms with Crippen molar-refractivity contribution in [2.45, 2.75) is 103 Å². The molecule has 0 spiro atoms. The first-order valence-corrected chi connectivity index (χ1v) is 23.4. The van der Waals surface area contributed by atoms with Gasteiger partial charge in [-0.1, -0.05) is 75.8 Å². The number of nitrogens with two attached hydrogens (primary N) is 1. The van der Waals surface area contributed by atoms with Gasteiger partial charge in [0.05, 0.1) is 44.3 Å². The highest BCUT2D eigenvalue weighted by Gasteiger charge is 2.44. The molecule has 0 aliphatic carbocycles. The quantitative estimate of drug-likeness (QED) is 0.0554. The number of unbranched alkanes of at least 4 members (excludes halogenated alkanes) is 4. The second-order valence-electron chi connectivity index (χ2n) is 17.0. The zero-order valence-corrected chi connectivity index (χ0v) is 38.3. The Morgan fingerprint density at radius 3 is 2.42 bits per heavy atom. The summed E-state index contributed by atoms with van der Waals surface area (Å²) >= 11 is 1.56. The number of nitrogens with zero attached hydrogens (tertiary/aromatic N) is 5. The maximum atomic E-state index is 14.9. The lowest BCUT2D eigenvalue weighted by Crippen LogP contribution is -2.57. The molecule has 1 aliphatic rings. The van der Waals surface area contributed by atoms with E-state index < -0.39 is 56.8 Å². The van der Waals surface area contributed by atoms with Crippen molar-refractivity contribution in [2.75, 3.05) is 17.0 Å². The number of hydrogen-bond donors (Lipinski definition) is 5. The Morgan fingerprint density at radius 1 is 1.05 bits per heavy atom. The number of hydrogen-bond acceptors (Lipinski definition) is 11. The molecule has 2 aromatic carbocycles. The Kier molecular flexibility index (Phi) is 15.2. The van der Waals surface area contributed by atoms with Crippen molar-refractivity contribution >= 4 is 61.5 Å². The molecule has 3 aromatic heterocycles. The van der Waals surface area contributed by atoms with Gasteiger partial charge in [-0.15, -0.1) is 11.3 Å². The first kappa shape index (κ1) is 48.4. The van der Waals surface area contributed by atoms with Crippen LogP contribution >= 0.6 is 11.3 Å². The van der Waals surface area contributed by atoms with Crippen molar-refractivity contribution in [3.05, 3.63) is 76.8 Å². The standard InChI is InChI=1S/C45H52F3N9O6S2/c1-26-39(64-25-52-26)28-16-14-27(15-17-28)22-51-42(60)34-21-31(58)24-57(34)43(61)40(45(2,3)4)53-35(59)13-11-9-7-6-8-10-12-30-23-50-41(49)36-37(54-56(5)38(30)36)29-18-19-33(32(46)20-29)55-65(62,63)44(47)48/h14-20,23,25,31,34,40,44,55,58H,6-9,11,13,21-22,24H2,1-5H3,(H2,49,50)(H,51,60)(H,53,59)/t31-,34+,40?/m1/s1. The van der Waals surface area contributed by atoms with Crippen LogP contribution in [0.1, 0.15) is 82.5 Å². The highest BCUT2D eigenvalue weighted by Crippen LogP contribution is 2.35. The molecule has 0 radical (unpaired) electrons. The van der Waals surface area contributed by atoms with Crippen LogP contribution in [0.25, 0.3) is 32.6 Å². The fourth-order valence-electron chi connectivity index (χ4n) is 7.60. The SMILES string of the molecule is Cc1ncsc1-c1ccc(CNC(=O)[C@@H]2C[C@@H](O)CN2C(=O)C(NC(=O)CCCCCCC#Cc2cnc(N)c3c(-c4ccc(NS(=O)(=O)C(F)F)c(F)c4)nn(C)c23)C(C)(C)C)cc1. The molecule has 3 amide bonds. The van der Waals surface area contributed by atoms with Crippen LogP contribution in [0, 0.1) is 30.0 Å². The maximum Gasteiger partial charge on any atom is 0.355 e. The first-order valence-electron chi connectivity index (χ1n) is 21.0. The van der Waals surface area contributed by atoms with E-state index in [0.717, 1.165) is 53.1 Å². The molecule has 1 unspecified atom stereocenters. The van der Waals surface area contributed by atoms with Crippen LogP contribution in [-0.4, -0.2) is 86.4 Å². The second kappa shape index (κ2) is 20.4. The van der Waals surface area contributed by atoms with Crippen LogP contribution in [-0.2, 0) is 38.0 Å². The van der Waals surface area contributed by atoms with Gasteiger partial charge in [0.25, 0.3) is 10.0 Å². The molecule has 6 rings (SSSR count). The molecular weight excluding hydrogens is 884 g/mol. The van der Waals surface area contributed by atoms with Gasteiger partial charge in [0.1, 0.15) is 29.4 Å². The topological polar surface area (TPSA) is 215 Å². The van der Waals surface area contributed by atoms with Gasteiger partial charge in [0.2, 0.25) is 17.7 Å². The number of carbonyl (C=O) groups excluding carboxylic acids is 3. The number of β-amino-alcohol motifs (C(OH)–C–C–N with tert-alkyl or cyclic N) is 1. The highest BCUT2D eigenvalue weighted by atomic mass is 32.2. The summed E-state index contributed by atoms with van der Waals surface area (Å²) in [5.41, 5.74) is 11.0. The molecule has 20 heteroatoms. The number of sulfonamides is 1. The van der Waals surface area contributed by atoms with Crippen LogP contribution in [0.2, 0.25) is 0 Å². The van der Waals surface area contributed by atoms with Gasteiger partial charge < -0.3 is 26.4 Å². The molecule has 346 valence electrons. The summed E-state index contributed by atoms with van der Waals surface area (Å²) in [7, 11) is -3.43. The Bertz CT molecular complexity index is 2730. The van der Waals surface area contributed by atoms with Gasteiger partial charge in [-0.25, -0.2) is 22.8 Å². The number of nitrogen functional groups attached to an aromatic ring is 1. The predicted octanol–water partition coefficient (Wildman–Crippen LogP) is 6.25. The summed E-state index contributed by atoms with van der Waals surface area (Å²) in [6.45, 7) is 7.70. The number of benzene rings is 2. The third kappa shape index (κ3) is 11.6. The van der Waals surface area contributed by atoms with Crippen LogP contribution in [0.15, 0.2) is 54.2 Å². The molecular formula is C45H52F3N9O6S2. The molecule has 4 heterocycles. The molecule has 0 saturated carbocycles. The van der Waals surface area contributed by atoms with E-state index in [2.05, 4.69) is 37.5 Å². The average Bonchev–Trinajstić information content (AvgIpc) is 3.97. The predicted molar refractivity (Wildman–Crippen MR) is 243 cm³/mol. The van der Waals surface area contributed by atoms with Crippen molar-refractivity contribution in [2.24, 2.45) is 12.5 Å². The number of nitrogens with one attached hydrogen (secondary N) is 3. The summed E-state index contributed by atoms with van der Waals surface area (Å²) < 4.78 is 66.6. The van der Waals surface area contributed by atoms with E-state index in [-0.39, 0.29) is 54.8 Å². The molecule has 3 atom stereocenters. The fraction of sp³-hybridized carbons (Fsp3) is 0.422. The minimum absolute atomic E-state index is 0.0200. The number of aromatic nitrogens is 4. The second-order valence-corrected chi connectivity index (χ2v) is 19.5. The number of alkyl halides is 2. The van der Waals surface area contributed by atoms with Crippen molar-refractivity contribution in [1.82, 2.24) is 35.3 Å². The minimum Gasteiger partial charge on any atom is -0.391 e. The molecule has 65 heavy (non-hydrogen) atoms. The highest BCUT2D eigenvalue weighted by molar-refractivity contribution is 7.93. The Hall–Kier alpha value is -6.04. The molecule has 5 aromatic rings. The lowest BCUT2D eigenvalue weighted by atomic mass is 9.85. The van der Waals surface area contributed by atoms with E-state index in [1.54, 1.807) is 23.9 Å². The molecule has 15 nitrogen and oxygen atoms in total. The maximum absolute atomic E-state index is 14.9. The summed E-state index contributed by atoms with van der Waals surface area (Å²) in [5, 5.41) is 21.2. The summed E-state index contributed by atoms with van der Waals surface area (Å²) in [6, 6.07) is 9.30. The number of rotatable bonds is 16. The number of aliphatic hydroxyl groups is 1. The van der Waals surface area contributed by atoms with Crippen molar-refractivity contribution in [3.8, 4) is 33.5 Å². The summed E-state index contributed by atoms with van der Waals surface area (Å²) in [4.78, 5) is 51.6. The molecule has 1 saturated heterocycles. The average molecular weight is 936 g/mol. The molecule has 6 N–H and O–H groups in total. The zero-order valence-electron chi connectivity index (χ0n) is 36.6. The van der Waals surface area contributed by atoms with Gasteiger partial charge in [-0.3, -0.25) is 23.8 Å². The summed E-state index contributed by atoms with van der Waals surface area (Å²) in [5.74, 6) is 0.396. The first-order chi connectivity index (χ1) is 30.7. The summed E-state index contributed by atoms with van der Waals surface area (Å²) in [6.07, 6.45) is 4.25. The number of aryl methyl sites for hydroxylation is 2. The van der Waals surface area contributed by atoms with E-state index in [9.17, 15) is 41.1 Å². The minimum atomic E-state index is -5.08. The molecule has 1 fully saturated rings. The number of pyridine rings is 1. The monoisotopic (exact) mass is 935 g/mol. The van der Waals surface area contributed by atoms with E-state index in [1.807, 2.05) is 52.0 Å². The number of halogens is 3. The lowest BCUT2D eigenvalue weighted by Gasteiger charge is -2.35. The third-order valence-electron chi connectivity index (χ3n) is 11.0. The number of aliphatic hydroxyl groups excluding tert-OH is 1. The Morgan fingerprint density at radius 2 is 1.75 bits per heavy atom. The van der Waals surface area contributed by atoms with Gasteiger partial charge in [0, 0.05) is 51.2 Å². The zero-order chi connectivity index (χ0) is 47.2. The van der Waals surface area contributed by atoms with Crippen molar-refractivity contribution < 1.29 is 41.1 Å². The normalized spacial score (nSPS) is 15.8. The van der Waals surface area contributed by atoms with Gasteiger partial charge in [0.15, 0.2) is 0 Å². The van der Waals surface area contributed by atoms with Crippen LogP contribution in [0.4, 0.5) is 24.7 Å². The number of thiazole rings is 1. The number of amides is 3. The molecule has 1 aliphatic heterocycles. The lowest BCUT2D eigenvalue weighted by molar-refractivity contribution is -0.144. The number of anilines is 2. The van der Waals surface area contributed by atoms with Crippen LogP contribution in [0.3, 0.4) is 0 Å². The Balaban J connectivity index is 0.982. The van der Waals surface area contributed by atoms with E-state index in [1.165, 1.54) is 26.6 Å². The fourth-order valence-corrected chi connectivity index (χ4v) is 8.97. The van der Waals surface area contributed by atoms with Crippen LogP contribution < -0.4 is 21.1 Å². The largest absolute Gasteiger partial charge is 0.391 e. The molecule has 0 bridgehead atoms. The van der Waals surface area contributed by atoms with E-state index in [0.29, 0.717) is 29.3 Å². The smallest absolute Gasteiger partial charge is 0.355 e. The van der Waals surface area contributed by atoms with Crippen molar-refractivity contribution in [3.63, 3.8) is 0 Å². The third-order valence-corrected chi connectivity index (χ3v) is 13.0. The van der Waals surface area contributed by atoms with E-state index >= 15 is 0 Å². The van der Waals surface area contributed by atoms with Gasteiger partial charge in [-0.05, 0) is 48.4 Å². The van der Waals surface area contributed by atoms with Gasteiger partial charge >= 0.3 is 5.76 Å². The van der Waals surface area contributed by atoms with Gasteiger partial charge in [-0.2, -0.15) is 13.9 Å². The van der Waals surface area contributed by atoms with Crippen LogP contribution in [0.5, 0.6) is 0 Å². The number of fused-ring (bicyclic) bond motifs is 1. The number of carbonyl (C=O) groups is 3. The number of likely N-dealkylation sites (tertiary alicyclic amines) is 1.